The van der Waals surface area contributed by atoms with Crippen LogP contribution in [0, 0.1) is 0 Å². The summed E-state index contributed by atoms with van der Waals surface area (Å²) >= 11 is 0. The molecule has 98 valence electrons. The second-order valence-electron chi connectivity index (χ2n) is 4.51. The fourth-order valence-corrected chi connectivity index (χ4v) is 2.12. The third-order valence-electron chi connectivity index (χ3n) is 3.15. The van der Waals surface area contributed by atoms with E-state index in [0.717, 1.165) is 25.9 Å². The van der Waals surface area contributed by atoms with Crippen LogP contribution >= 0.6 is 0 Å². The van der Waals surface area contributed by atoms with Gasteiger partial charge in [0, 0.05) is 19.3 Å². The van der Waals surface area contributed by atoms with Gasteiger partial charge in [0.2, 0.25) is 5.89 Å². The predicted octanol–water partition coefficient (Wildman–Crippen LogP) is 1.55. The summed E-state index contributed by atoms with van der Waals surface area (Å²) in [6, 6.07) is 3.43. The Labute approximate surface area is 110 Å². The van der Waals surface area contributed by atoms with Gasteiger partial charge in [-0.15, -0.1) is 0 Å². The van der Waals surface area contributed by atoms with Crippen LogP contribution in [-0.2, 0) is 0 Å². The fraction of sp³-hybridized carbons (Fsp3) is 0.308. The Bertz CT molecular complexity index is 585. The van der Waals surface area contributed by atoms with E-state index in [1.165, 1.54) is 6.26 Å². The molecule has 3 rings (SSSR count). The average molecular weight is 258 g/mol. The van der Waals surface area contributed by atoms with Gasteiger partial charge in [0.05, 0.1) is 5.56 Å². The van der Waals surface area contributed by atoms with Crippen molar-refractivity contribution < 1.29 is 9.21 Å². The molecule has 0 saturated carbocycles. The number of carbonyl (C=O) groups is 1. The van der Waals surface area contributed by atoms with Crippen LogP contribution in [0.5, 0.6) is 0 Å². The van der Waals surface area contributed by atoms with Gasteiger partial charge in [-0.3, -0.25) is 4.79 Å². The van der Waals surface area contributed by atoms with Gasteiger partial charge in [-0.1, -0.05) is 0 Å². The number of hydrogen-bond acceptors (Lipinski definition) is 5. The van der Waals surface area contributed by atoms with E-state index in [1.54, 1.807) is 23.2 Å². The normalized spacial score (nSPS) is 14.8. The molecule has 0 radical (unpaired) electrons. The molecule has 0 aromatic carbocycles. The molecule has 6 heteroatoms. The largest absolute Gasteiger partial charge is 0.444 e. The van der Waals surface area contributed by atoms with Crippen molar-refractivity contribution in [2.24, 2.45) is 0 Å². The third kappa shape index (κ3) is 2.29. The molecule has 6 nitrogen and oxygen atoms in total. The van der Waals surface area contributed by atoms with E-state index in [-0.39, 0.29) is 5.91 Å². The Morgan fingerprint density at radius 3 is 2.79 bits per heavy atom. The first kappa shape index (κ1) is 11.7. The van der Waals surface area contributed by atoms with Gasteiger partial charge in [-0.25, -0.2) is 9.97 Å². The summed E-state index contributed by atoms with van der Waals surface area (Å²) in [5, 5.41) is 0. The molecule has 1 amide bonds. The molecule has 2 aromatic rings. The Morgan fingerprint density at radius 2 is 2.11 bits per heavy atom. The molecule has 0 atom stereocenters. The first-order valence-electron chi connectivity index (χ1n) is 6.21. The minimum absolute atomic E-state index is 0.0732. The number of nitrogens with zero attached hydrogens (tertiary/aromatic N) is 3. The van der Waals surface area contributed by atoms with Crippen molar-refractivity contribution in [2.75, 3.05) is 18.8 Å². The smallest absolute Gasteiger partial charge is 0.275 e. The number of nitrogen functional groups attached to an aromatic ring is 1. The maximum absolute atomic E-state index is 12.1. The van der Waals surface area contributed by atoms with E-state index in [1.807, 2.05) is 0 Å². The summed E-state index contributed by atoms with van der Waals surface area (Å²) in [6.07, 6.45) is 5.08. The second kappa shape index (κ2) is 4.72. The number of amides is 1. The molecule has 1 saturated heterocycles. The van der Waals surface area contributed by atoms with E-state index < -0.39 is 0 Å². The van der Waals surface area contributed by atoms with Gasteiger partial charge >= 0.3 is 0 Å². The Morgan fingerprint density at radius 1 is 1.32 bits per heavy atom. The molecular formula is C13H14N4O2. The molecule has 1 aliphatic rings. The summed E-state index contributed by atoms with van der Waals surface area (Å²) in [5.74, 6) is 0.745. The lowest BCUT2D eigenvalue weighted by Gasteiger charge is -2.12. The first-order chi connectivity index (χ1) is 9.24. The molecule has 3 heterocycles. The lowest BCUT2D eigenvalue weighted by Crippen LogP contribution is -2.27. The Balaban J connectivity index is 1.82. The molecule has 0 spiro atoms. The maximum Gasteiger partial charge on any atom is 0.275 e. The van der Waals surface area contributed by atoms with E-state index in [0.29, 0.717) is 23.0 Å². The quantitative estimate of drug-likeness (QED) is 0.883. The number of nitrogens with two attached hydrogens (primary N) is 1. The number of rotatable bonds is 2. The van der Waals surface area contributed by atoms with E-state index in [9.17, 15) is 4.79 Å². The number of pyridine rings is 1. The van der Waals surface area contributed by atoms with E-state index in [4.69, 9.17) is 10.2 Å². The molecule has 19 heavy (non-hydrogen) atoms. The summed E-state index contributed by atoms with van der Waals surface area (Å²) in [6.45, 7) is 1.59. The highest BCUT2D eigenvalue weighted by Crippen LogP contribution is 2.20. The van der Waals surface area contributed by atoms with Crippen LogP contribution in [0.25, 0.3) is 11.5 Å². The minimum atomic E-state index is -0.0732. The number of oxazole rings is 1. The molecule has 1 fully saturated rings. The number of aromatic nitrogens is 2. The monoisotopic (exact) mass is 258 g/mol. The maximum atomic E-state index is 12.1. The first-order valence-corrected chi connectivity index (χ1v) is 6.21. The zero-order chi connectivity index (χ0) is 13.2. The number of hydrogen-bond donors (Lipinski definition) is 1. The molecule has 0 bridgehead atoms. The summed E-state index contributed by atoms with van der Waals surface area (Å²) in [5.41, 5.74) is 6.56. The molecule has 0 aliphatic carbocycles. The van der Waals surface area contributed by atoms with Gasteiger partial charge in [0.25, 0.3) is 5.91 Å². The summed E-state index contributed by atoms with van der Waals surface area (Å²) in [4.78, 5) is 22.1. The lowest BCUT2D eigenvalue weighted by atomic mass is 10.3. The highest BCUT2D eigenvalue weighted by Gasteiger charge is 2.22. The molecule has 1 aliphatic heterocycles. The average Bonchev–Trinajstić information content (AvgIpc) is 3.10. The zero-order valence-corrected chi connectivity index (χ0v) is 10.4. The zero-order valence-electron chi connectivity index (χ0n) is 10.4. The highest BCUT2D eigenvalue weighted by molar-refractivity contribution is 5.92. The number of anilines is 1. The lowest BCUT2D eigenvalue weighted by molar-refractivity contribution is 0.0787. The molecule has 2 N–H and O–H groups in total. The summed E-state index contributed by atoms with van der Waals surface area (Å²) in [7, 11) is 0. The van der Waals surface area contributed by atoms with Crippen molar-refractivity contribution >= 4 is 11.7 Å². The topological polar surface area (TPSA) is 85.2 Å². The van der Waals surface area contributed by atoms with Crippen LogP contribution in [0.4, 0.5) is 5.82 Å². The highest BCUT2D eigenvalue weighted by atomic mass is 16.3. The van der Waals surface area contributed by atoms with Gasteiger partial charge in [-0.2, -0.15) is 0 Å². The van der Waals surface area contributed by atoms with E-state index in [2.05, 4.69) is 9.97 Å². The van der Waals surface area contributed by atoms with E-state index >= 15 is 0 Å². The number of carbonyl (C=O) groups excluding carboxylic acids is 1. The molecular weight excluding hydrogens is 244 g/mol. The Hall–Kier alpha value is -2.37. The van der Waals surface area contributed by atoms with Crippen LogP contribution in [0.2, 0.25) is 0 Å². The molecule has 2 aromatic heterocycles. The van der Waals surface area contributed by atoms with Crippen LogP contribution in [0.1, 0.15) is 23.3 Å². The van der Waals surface area contributed by atoms with Gasteiger partial charge in [0.15, 0.2) is 5.69 Å². The van der Waals surface area contributed by atoms with Gasteiger partial charge < -0.3 is 15.1 Å². The van der Waals surface area contributed by atoms with Gasteiger partial charge in [0.1, 0.15) is 12.1 Å². The van der Waals surface area contributed by atoms with Crippen LogP contribution < -0.4 is 5.73 Å². The third-order valence-corrected chi connectivity index (χ3v) is 3.15. The van der Waals surface area contributed by atoms with Crippen molar-refractivity contribution in [1.82, 2.24) is 14.9 Å². The van der Waals surface area contributed by atoms with Crippen molar-refractivity contribution in [1.29, 1.82) is 0 Å². The van der Waals surface area contributed by atoms with Crippen LogP contribution in [0.3, 0.4) is 0 Å². The predicted molar refractivity (Wildman–Crippen MR) is 69.3 cm³/mol. The molecule has 0 unspecified atom stereocenters. The second-order valence-corrected chi connectivity index (χ2v) is 4.51. The Kier molecular flexibility index (Phi) is 2.91. The minimum Gasteiger partial charge on any atom is -0.444 e. The number of likely N-dealkylation sites (tertiary alicyclic amines) is 1. The fourth-order valence-electron chi connectivity index (χ4n) is 2.12. The van der Waals surface area contributed by atoms with Crippen molar-refractivity contribution in [3.05, 3.63) is 30.3 Å². The summed E-state index contributed by atoms with van der Waals surface area (Å²) < 4.78 is 5.33. The van der Waals surface area contributed by atoms with Crippen LogP contribution in [0.15, 0.2) is 29.0 Å². The van der Waals surface area contributed by atoms with Crippen LogP contribution in [-0.4, -0.2) is 33.9 Å². The van der Waals surface area contributed by atoms with Crippen molar-refractivity contribution in [2.45, 2.75) is 12.8 Å². The van der Waals surface area contributed by atoms with Gasteiger partial charge in [-0.05, 0) is 25.0 Å². The SMILES string of the molecule is Nc1ccc(-c2nc(C(=O)N3CCCC3)co2)cn1. The van der Waals surface area contributed by atoms with Crippen molar-refractivity contribution in [3.63, 3.8) is 0 Å². The van der Waals surface area contributed by atoms with Crippen molar-refractivity contribution in [3.8, 4) is 11.5 Å². The standard InChI is InChI=1S/C13H14N4O2/c14-11-4-3-9(7-15-11)12-16-10(8-19-12)13(18)17-5-1-2-6-17/h3-4,7-8H,1-2,5-6H2,(H2,14,15).